The number of nitrogens with zero attached hydrogens (tertiary/aromatic N) is 4. The van der Waals surface area contributed by atoms with Gasteiger partial charge >= 0.3 is 481 Å². The van der Waals surface area contributed by atoms with E-state index in [1.165, 1.54) is 161 Å². The molecule has 0 saturated carbocycles. The minimum atomic E-state index is -0.0554. The van der Waals surface area contributed by atoms with Crippen LogP contribution in [0.2, 0.25) is 0 Å². The monoisotopic (exact) mass is 1200 g/mol. The summed E-state index contributed by atoms with van der Waals surface area (Å²) in [6, 6.07) is 93.1. The molecule has 0 radical (unpaired) electrons. The second kappa shape index (κ2) is 16.2. The fraction of sp³-hybridized carbons (Fsp3) is 0. The van der Waals surface area contributed by atoms with Gasteiger partial charge in [0.1, 0.15) is 0 Å². The van der Waals surface area contributed by atoms with E-state index in [2.05, 4.69) is 262 Å². The van der Waals surface area contributed by atoms with Gasteiger partial charge in [0.2, 0.25) is 0 Å². The van der Waals surface area contributed by atoms with Gasteiger partial charge in [0.05, 0.1) is 0 Å². The van der Waals surface area contributed by atoms with E-state index in [0.29, 0.717) is 0 Å². The number of para-hydroxylation sites is 2. The molecule has 4 nitrogen and oxygen atoms in total. The Bertz CT molecular complexity index is 4660. The summed E-state index contributed by atoms with van der Waals surface area (Å²) in [5.74, 6) is 0. The number of hydrogen-bond acceptors (Lipinski definition) is 4. The van der Waals surface area contributed by atoms with E-state index in [4.69, 9.17) is 0 Å². The Morgan fingerprint density at radius 2 is 0.658 bits per heavy atom. The van der Waals surface area contributed by atoms with Gasteiger partial charge in [0.25, 0.3) is 0 Å². The van der Waals surface area contributed by atoms with Crippen molar-refractivity contribution in [1.82, 2.24) is 0 Å². The summed E-state index contributed by atoms with van der Waals surface area (Å²) >= 11 is 0.190. The van der Waals surface area contributed by atoms with Gasteiger partial charge in [0.15, 0.2) is 0 Å². The molecule has 0 N–H and O–H groups in total. The molecule has 7 aliphatic heterocycles. The number of benzene rings is 11. The molecule has 19 rings (SSSR count). The van der Waals surface area contributed by atoms with Crippen LogP contribution in [0.3, 0.4) is 0 Å². The third-order valence-electron chi connectivity index (χ3n) is 17.5. The summed E-state index contributed by atoms with van der Waals surface area (Å²) in [4.78, 5) is 10.9. The zero-order valence-electron chi connectivity index (χ0n) is 42.3. The Hall–Kier alpha value is -8.21. The van der Waals surface area contributed by atoms with Crippen LogP contribution in [0.5, 0.6) is 0 Å². The summed E-state index contributed by atoms with van der Waals surface area (Å²) in [6.45, 7) is -0.0203. The van der Waals surface area contributed by atoms with Gasteiger partial charge in [-0.05, 0) is 0 Å². The fourth-order valence-corrected chi connectivity index (χ4v) is 21.6. The van der Waals surface area contributed by atoms with E-state index in [9.17, 15) is 0 Å². The summed E-state index contributed by atoms with van der Waals surface area (Å²) in [5.41, 5.74) is 31.6. The minimum absolute atomic E-state index is 0.00440. The van der Waals surface area contributed by atoms with E-state index in [1.807, 2.05) is 0 Å². The van der Waals surface area contributed by atoms with Crippen LogP contribution in [0.25, 0.3) is 42.3 Å². The van der Waals surface area contributed by atoms with Crippen LogP contribution in [-0.2, 0) is 0 Å². The van der Waals surface area contributed by atoms with Crippen molar-refractivity contribution in [1.29, 1.82) is 0 Å². The van der Waals surface area contributed by atoms with Crippen LogP contribution >= 0.6 is 0 Å². The second-order valence-electron chi connectivity index (χ2n) is 21.4. The summed E-state index contributed by atoms with van der Waals surface area (Å²) in [7, 11) is 0. The fourth-order valence-electron chi connectivity index (χ4n) is 14.4. The van der Waals surface area contributed by atoms with Crippen molar-refractivity contribution in [3.05, 3.63) is 243 Å². The molecule has 79 heavy (non-hydrogen) atoms. The summed E-state index contributed by atoms with van der Waals surface area (Å²) in [6.07, 6.45) is 0. The summed E-state index contributed by atoms with van der Waals surface area (Å²) < 4.78 is 8.59. The molecule has 12 aromatic rings. The van der Waals surface area contributed by atoms with Gasteiger partial charge in [-0.15, -0.1) is 0 Å². The van der Waals surface area contributed by atoms with Crippen LogP contribution < -0.4 is 70.2 Å². The predicted molar refractivity (Wildman–Crippen MR) is 337 cm³/mol. The quantitative estimate of drug-likeness (QED) is 0.163. The Labute approximate surface area is 477 Å². The van der Waals surface area contributed by atoms with Gasteiger partial charge in [-0.2, -0.15) is 0 Å². The van der Waals surface area contributed by atoms with Gasteiger partial charge in [0, 0.05) is 0 Å². The second-order valence-corrected chi connectivity index (χ2v) is 28.1. The van der Waals surface area contributed by atoms with Gasteiger partial charge in [-0.3, -0.25) is 0 Å². The third-order valence-corrected chi connectivity index (χ3v) is 24.8. The molecule has 0 fully saturated rings. The topological polar surface area (TPSA) is 13.0 Å². The molecule has 0 spiro atoms. The van der Waals surface area contributed by atoms with E-state index < -0.39 is 0 Å². The SMILES string of the molecule is c1ccc(-c2ccc3c(c2)B2c4ccc5c6c4N(c4ccc7c(c42)N3c2ccccc2[Se]7)c2c(-c3ccccc3)[se]c(-c3ccccc3)c2N6c2ccc3c4c2B5c2ccc(-c5ccccc5)cc2N4c2ccccc2[Se]3)cc1. The van der Waals surface area contributed by atoms with Crippen LogP contribution in [0.15, 0.2) is 243 Å². The maximum atomic E-state index is 2.81. The summed E-state index contributed by atoms with van der Waals surface area (Å²) in [5, 5.41) is 0. The van der Waals surface area contributed by atoms with Crippen molar-refractivity contribution in [2.75, 3.05) is 19.6 Å². The Kier molecular flexibility index (Phi) is 8.97. The predicted octanol–water partition coefficient (Wildman–Crippen LogP) is 9.83. The van der Waals surface area contributed by atoms with Crippen LogP contribution in [0.1, 0.15) is 0 Å². The average molecular weight is 1200 g/mol. The van der Waals surface area contributed by atoms with E-state index in [1.54, 1.807) is 0 Å². The zero-order valence-corrected chi connectivity index (χ0v) is 47.4. The molecule has 0 bridgehead atoms. The van der Waals surface area contributed by atoms with E-state index in [-0.39, 0.29) is 57.8 Å². The van der Waals surface area contributed by atoms with Gasteiger partial charge < -0.3 is 0 Å². The average Bonchev–Trinajstić information content (AvgIpc) is 3.55. The molecule has 364 valence electrons. The zero-order chi connectivity index (χ0) is 51.2. The molecule has 1 aromatic heterocycles. The molecule has 0 saturated heterocycles. The number of hydrogen-bond donors (Lipinski definition) is 0. The van der Waals surface area contributed by atoms with Crippen molar-refractivity contribution in [3.63, 3.8) is 0 Å². The first-order valence-electron chi connectivity index (χ1n) is 27.1. The molecule has 0 unspecified atom stereocenters. The van der Waals surface area contributed by atoms with Crippen molar-refractivity contribution in [2.24, 2.45) is 0 Å². The van der Waals surface area contributed by atoms with Crippen molar-refractivity contribution < 1.29 is 0 Å². The first kappa shape index (κ1) is 43.7. The first-order valence-corrected chi connectivity index (χ1v) is 32.3. The standard InChI is InChI=1S/C70H40B2N4Se3/c1-5-17-41(18-6-1)45-30-34-51-50(39-45)72-49-33-32-48-63-64(49)76(55-36-37-59-65(62(55)72)73(51)52-25-13-15-27-57(52)77-59)68-67(69(43-21-9-3-10-22-43)79-70(68)44-23-11-4-12-24-44)75(63)54-35-38-60-66-61(54)71(48)47-31-29-46(42-19-7-2-8-20-42)40-56(47)74(66)53-26-14-16-28-58(53)78-60/h1-40H. The molecule has 11 aromatic carbocycles. The van der Waals surface area contributed by atoms with Crippen LogP contribution in [-0.4, -0.2) is 57.8 Å². The maximum absolute atomic E-state index is 2.81. The van der Waals surface area contributed by atoms with Crippen molar-refractivity contribution in [3.8, 4) is 42.3 Å². The Morgan fingerprint density at radius 3 is 1.19 bits per heavy atom. The third kappa shape index (κ3) is 5.82. The molecule has 7 aliphatic rings. The molecular weight excluding hydrogens is 1160 g/mol. The molecule has 8 heterocycles. The molecule has 0 amide bonds. The molecular formula is C70H40B2N4Se3. The Morgan fingerprint density at radius 1 is 0.241 bits per heavy atom. The Balaban J connectivity index is 0.960. The van der Waals surface area contributed by atoms with Gasteiger partial charge in [-0.25, -0.2) is 0 Å². The van der Waals surface area contributed by atoms with E-state index in [0.717, 1.165) is 0 Å². The van der Waals surface area contributed by atoms with E-state index >= 15 is 0 Å². The molecule has 0 aliphatic carbocycles. The van der Waals surface area contributed by atoms with Gasteiger partial charge in [-0.1, -0.05) is 0 Å². The molecule has 9 heteroatoms. The van der Waals surface area contributed by atoms with Crippen molar-refractivity contribution in [2.45, 2.75) is 0 Å². The normalized spacial score (nSPS) is 14.3. The first-order chi connectivity index (χ1) is 39.2. The van der Waals surface area contributed by atoms with Crippen molar-refractivity contribution >= 4 is 177 Å². The number of rotatable bonds is 4. The van der Waals surface area contributed by atoms with Crippen LogP contribution in [0.4, 0.5) is 68.2 Å². The van der Waals surface area contributed by atoms with Crippen LogP contribution in [0, 0.1) is 0 Å². The number of anilines is 12. The number of fused-ring (bicyclic) bond motifs is 17. The molecule has 0 atom stereocenters.